The monoisotopic (exact) mass is 320 g/mol. The molecule has 0 saturated carbocycles. The molecule has 0 spiro atoms. The Balaban J connectivity index is 0.00000200. The summed E-state index contributed by atoms with van der Waals surface area (Å²) in [6.45, 7) is 5.59. The first-order valence-corrected chi connectivity index (χ1v) is 6.83. The van der Waals surface area contributed by atoms with Gasteiger partial charge in [0.2, 0.25) is 5.91 Å². The summed E-state index contributed by atoms with van der Waals surface area (Å²) >= 11 is 5.74. The molecular weight excluding hydrogens is 302 g/mol. The molecule has 2 rings (SSSR count). The highest BCUT2D eigenvalue weighted by atomic mass is 35.5. The van der Waals surface area contributed by atoms with E-state index in [0.717, 1.165) is 18.7 Å². The zero-order valence-electron chi connectivity index (χ0n) is 11.5. The van der Waals surface area contributed by atoms with Crippen LogP contribution in [0, 0.1) is 17.7 Å². The van der Waals surface area contributed by atoms with Crippen molar-refractivity contribution in [2.75, 3.05) is 13.1 Å². The molecule has 0 aliphatic carbocycles. The number of nitrogens with one attached hydrogen (secondary N) is 2. The molecule has 1 heterocycles. The van der Waals surface area contributed by atoms with Crippen LogP contribution in [0.25, 0.3) is 0 Å². The number of hydrogen-bond acceptors (Lipinski definition) is 2. The van der Waals surface area contributed by atoms with Crippen molar-refractivity contribution >= 4 is 29.9 Å². The predicted octanol–water partition coefficient (Wildman–Crippen LogP) is 2.93. The molecule has 0 radical (unpaired) electrons. The predicted molar refractivity (Wildman–Crippen MR) is 80.7 cm³/mol. The van der Waals surface area contributed by atoms with Crippen LogP contribution in [0.2, 0.25) is 5.02 Å². The van der Waals surface area contributed by atoms with Gasteiger partial charge in [-0.2, -0.15) is 0 Å². The first kappa shape index (κ1) is 17.2. The molecule has 1 aromatic rings. The molecule has 0 aromatic heterocycles. The lowest BCUT2D eigenvalue weighted by Gasteiger charge is -2.32. The molecule has 1 amide bonds. The second-order valence-electron chi connectivity index (χ2n) is 5.11. The molecule has 2 unspecified atom stereocenters. The zero-order valence-corrected chi connectivity index (χ0v) is 13.0. The maximum absolute atomic E-state index is 13.1. The maximum atomic E-state index is 13.1. The normalized spacial score (nSPS) is 17.6. The summed E-state index contributed by atoms with van der Waals surface area (Å²) in [7, 11) is 0. The van der Waals surface area contributed by atoms with Crippen LogP contribution in [0.3, 0.4) is 0 Å². The van der Waals surface area contributed by atoms with E-state index in [1.807, 2.05) is 13.8 Å². The summed E-state index contributed by atoms with van der Waals surface area (Å²) < 4.78 is 13.1. The lowest BCUT2D eigenvalue weighted by Crippen LogP contribution is -2.49. The average Bonchev–Trinajstić information content (AvgIpc) is 2.30. The molecule has 2 atom stereocenters. The molecule has 1 saturated heterocycles. The smallest absolute Gasteiger partial charge is 0.223 e. The lowest BCUT2D eigenvalue weighted by atomic mass is 9.88. The molecule has 6 heteroatoms. The highest BCUT2D eigenvalue weighted by Crippen LogP contribution is 2.22. The fraction of sp³-hybridized carbons (Fsp3) is 0.500. The molecule has 20 heavy (non-hydrogen) atoms. The quantitative estimate of drug-likeness (QED) is 0.895. The van der Waals surface area contributed by atoms with Gasteiger partial charge in [-0.3, -0.25) is 4.79 Å². The molecule has 1 aromatic carbocycles. The SMILES string of the molecule is CC(NC(=O)C(C)C1CNC1)c1ccc(F)c(Cl)c1.Cl. The van der Waals surface area contributed by atoms with Crippen molar-refractivity contribution in [1.29, 1.82) is 0 Å². The van der Waals surface area contributed by atoms with Crippen molar-refractivity contribution in [3.63, 3.8) is 0 Å². The van der Waals surface area contributed by atoms with E-state index in [-0.39, 0.29) is 35.3 Å². The Kier molecular flexibility index (Phi) is 6.24. The molecular formula is C14H19Cl2FN2O. The van der Waals surface area contributed by atoms with Crippen LogP contribution < -0.4 is 10.6 Å². The molecule has 3 nitrogen and oxygen atoms in total. The Hall–Kier alpha value is -0.840. The van der Waals surface area contributed by atoms with E-state index in [1.165, 1.54) is 6.07 Å². The minimum absolute atomic E-state index is 0. The largest absolute Gasteiger partial charge is 0.349 e. The number of carbonyl (C=O) groups excluding carboxylic acids is 1. The second kappa shape index (κ2) is 7.25. The van der Waals surface area contributed by atoms with Crippen LogP contribution in [0.5, 0.6) is 0 Å². The van der Waals surface area contributed by atoms with E-state index in [4.69, 9.17) is 11.6 Å². The molecule has 2 N–H and O–H groups in total. The summed E-state index contributed by atoms with van der Waals surface area (Å²) in [6.07, 6.45) is 0. The fourth-order valence-corrected chi connectivity index (χ4v) is 2.28. The van der Waals surface area contributed by atoms with Gasteiger partial charge in [-0.25, -0.2) is 4.39 Å². The summed E-state index contributed by atoms with van der Waals surface area (Å²) in [6, 6.07) is 4.33. The number of amides is 1. The van der Waals surface area contributed by atoms with Gasteiger partial charge in [0.15, 0.2) is 0 Å². The Morgan fingerprint density at radius 1 is 1.45 bits per heavy atom. The first-order valence-electron chi connectivity index (χ1n) is 6.45. The van der Waals surface area contributed by atoms with Crippen molar-refractivity contribution in [3.8, 4) is 0 Å². The molecule has 0 bridgehead atoms. The zero-order chi connectivity index (χ0) is 14.0. The van der Waals surface area contributed by atoms with Crippen molar-refractivity contribution in [2.24, 2.45) is 11.8 Å². The van der Waals surface area contributed by atoms with Crippen LogP contribution in [0.1, 0.15) is 25.5 Å². The summed E-state index contributed by atoms with van der Waals surface area (Å²) in [4.78, 5) is 12.1. The number of benzene rings is 1. The number of rotatable bonds is 4. The Bertz CT molecular complexity index is 480. The maximum Gasteiger partial charge on any atom is 0.223 e. The highest BCUT2D eigenvalue weighted by molar-refractivity contribution is 6.30. The number of halogens is 3. The van der Waals surface area contributed by atoms with Crippen LogP contribution in [-0.2, 0) is 4.79 Å². The van der Waals surface area contributed by atoms with Gasteiger partial charge < -0.3 is 10.6 Å². The highest BCUT2D eigenvalue weighted by Gasteiger charge is 2.29. The molecule has 112 valence electrons. The lowest BCUT2D eigenvalue weighted by molar-refractivity contribution is -0.127. The van der Waals surface area contributed by atoms with Gasteiger partial charge in [0, 0.05) is 5.92 Å². The summed E-state index contributed by atoms with van der Waals surface area (Å²) in [5, 5.41) is 6.18. The van der Waals surface area contributed by atoms with Crippen LogP contribution in [0.4, 0.5) is 4.39 Å². The Morgan fingerprint density at radius 3 is 2.60 bits per heavy atom. The van der Waals surface area contributed by atoms with Crippen molar-refractivity contribution < 1.29 is 9.18 Å². The third-order valence-corrected chi connectivity index (χ3v) is 4.03. The van der Waals surface area contributed by atoms with Gasteiger partial charge in [-0.05, 0) is 43.6 Å². The van der Waals surface area contributed by atoms with Crippen molar-refractivity contribution in [3.05, 3.63) is 34.6 Å². The molecule has 1 aliphatic rings. The van der Waals surface area contributed by atoms with Gasteiger partial charge >= 0.3 is 0 Å². The number of carbonyl (C=O) groups is 1. The topological polar surface area (TPSA) is 41.1 Å². The Morgan fingerprint density at radius 2 is 2.10 bits per heavy atom. The van der Waals surface area contributed by atoms with E-state index in [2.05, 4.69) is 10.6 Å². The van der Waals surface area contributed by atoms with Crippen LogP contribution in [0.15, 0.2) is 18.2 Å². The van der Waals surface area contributed by atoms with E-state index < -0.39 is 5.82 Å². The number of hydrogen-bond donors (Lipinski definition) is 2. The second-order valence-corrected chi connectivity index (χ2v) is 5.52. The van der Waals surface area contributed by atoms with Crippen molar-refractivity contribution in [1.82, 2.24) is 10.6 Å². The van der Waals surface area contributed by atoms with Crippen LogP contribution >= 0.6 is 24.0 Å². The summed E-state index contributed by atoms with van der Waals surface area (Å²) in [5.74, 6) is -0.0269. The van der Waals surface area contributed by atoms with E-state index >= 15 is 0 Å². The van der Waals surface area contributed by atoms with Crippen molar-refractivity contribution in [2.45, 2.75) is 19.9 Å². The summed E-state index contributed by atoms with van der Waals surface area (Å²) in [5.41, 5.74) is 0.804. The van der Waals surface area contributed by atoms with Gasteiger partial charge in [0.05, 0.1) is 11.1 Å². The van der Waals surface area contributed by atoms with E-state index in [9.17, 15) is 9.18 Å². The molecule has 1 aliphatic heterocycles. The van der Waals surface area contributed by atoms with Gasteiger partial charge in [0.1, 0.15) is 5.82 Å². The minimum Gasteiger partial charge on any atom is -0.349 e. The van der Waals surface area contributed by atoms with E-state index in [0.29, 0.717) is 5.92 Å². The minimum atomic E-state index is -0.446. The Labute approximate surface area is 129 Å². The van der Waals surface area contributed by atoms with Crippen LogP contribution in [-0.4, -0.2) is 19.0 Å². The third kappa shape index (κ3) is 3.84. The first-order chi connectivity index (χ1) is 8.99. The average molecular weight is 321 g/mol. The third-order valence-electron chi connectivity index (χ3n) is 3.74. The van der Waals surface area contributed by atoms with E-state index in [1.54, 1.807) is 12.1 Å². The fourth-order valence-electron chi connectivity index (χ4n) is 2.09. The molecule has 1 fully saturated rings. The van der Waals surface area contributed by atoms with Gasteiger partial charge in [-0.1, -0.05) is 24.6 Å². The standard InChI is InChI=1S/C14H18ClFN2O.ClH/c1-8(11-6-17-7-11)14(19)18-9(2)10-3-4-13(16)12(15)5-10;/h3-5,8-9,11,17H,6-7H2,1-2H3,(H,18,19);1H. The van der Waals surface area contributed by atoms with Gasteiger partial charge in [0.25, 0.3) is 0 Å². The van der Waals surface area contributed by atoms with Gasteiger partial charge in [-0.15, -0.1) is 12.4 Å².